The van der Waals surface area contributed by atoms with Crippen LogP contribution in [0.5, 0.6) is 5.75 Å². The Hall–Kier alpha value is -0.730. The molecule has 108 valence electrons. The van der Waals surface area contributed by atoms with Gasteiger partial charge in [0.15, 0.2) is 11.8 Å². The van der Waals surface area contributed by atoms with E-state index in [0.717, 1.165) is 8.95 Å². The first-order chi connectivity index (χ1) is 9.29. The summed E-state index contributed by atoms with van der Waals surface area (Å²) in [5.74, 6) is 0.362. The highest BCUT2D eigenvalue weighted by atomic mass is 79.9. The van der Waals surface area contributed by atoms with E-state index in [9.17, 15) is 4.79 Å². The molecule has 5 nitrogen and oxygen atoms in total. The van der Waals surface area contributed by atoms with Crippen molar-refractivity contribution >= 4 is 54.7 Å². The van der Waals surface area contributed by atoms with Crippen LogP contribution in [0.4, 0.5) is 0 Å². The molecule has 20 heavy (non-hydrogen) atoms. The number of hydrogen-bond donors (Lipinski definition) is 1. The minimum absolute atomic E-state index is 0.0962. The number of carbonyl (C=O) groups excluding carboxylic acids is 1. The lowest BCUT2D eigenvalue weighted by Gasteiger charge is -2.26. The number of amidine groups is 1. The molecule has 0 bridgehead atoms. The van der Waals surface area contributed by atoms with Gasteiger partial charge < -0.3 is 10.5 Å². The van der Waals surface area contributed by atoms with Crippen LogP contribution in [0.3, 0.4) is 0 Å². The number of nitrogens with two attached hydrogens (primary N) is 1. The molecule has 1 aliphatic heterocycles. The van der Waals surface area contributed by atoms with Crippen LogP contribution in [0.1, 0.15) is 13.8 Å². The van der Waals surface area contributed by atoms with E-state index in [1.807, 2.05) is 26.0 Å². The van der Waals surface area contributed by atoms with Gasteiger partial charge in [-0.05, 0) is 48.0 Å². The lowest BCUT2D eigenvalue weighted by Crippen LogP contribution is -2.41. The van der Waals surface area contributed by atoms with Crippen LogP contribution in [-0.2, 0) is 4.79 Å². The standard InChI is InChI=1S/C12H13Br2N3O2S/c1-12(2)17(16-11(15)20-12)10(18)6-19-9-4-3-7(13)5-8(9)14/h3-5H,6H2,1-2H3,(H2,15,16). The van der Waals surface area contributed by atoms with E-state index in [-0.39, 0.29) is 12.5 Å². The van der Waals surface area contributed by atoms with E-state index in [1.54, 1.807) is 6.07 Å². The number of hydrazone groups is 1. The highest BCUT2D eigenvalue weighted by Gasteiger charge is 2.38. The van der Waals surface area contributed by atoms with Gasteiger partial charge >= 0.3 is 0 Å². The van der Waals surface area contributed by atoms with Gasteiger partial charge in [0.25, 0.3) is 5.91 Å². The van der Waals surface area contributed by atoms with E-state index < -0.39 is 4.87 Å². The molecule has 0 radical (unpaired) electrons. The summed E-state index contributed by atoms with van der Waals surface area (Å²) >= 11 is 8.09. The van der Waals surface area contributed by atoms with Gasteiger partial charge in [-0.2, -0.15) is 0 Å². The van der Waals surface area contributed by atoms with Gasteiger partial charge in [-0.25, -0.2) is 5.01 Å². The van der Waals surface area contributed by atoms with Crippen LogP contribution < -0.4 is 10.5 Å². The summed E-state index contributed by atoms with van der Waals surface area (Å²) in [5, 5.41) is 5.78. The van der Waals surface area contributed by atoms with Crippen LogP contribution in [0.2, 0.25) is 0 Å². The molecule has 1 aromatic carbocycles. The molecule has 1 heterocycles. The molecule has 2 N–H and O–H groups in total. The van der Waals surface area contributed by atoms with Crippen molar-refractivity contribution in [1.82, 2.24) is 5.01 Å². The van der Waals surface area contributed by atoms with Gasteiger partial charge in [0.2, 0.25) is 0 Å². The molecule has 1 amide bonds. The molecule has 0 spiro atoms. The van der Waals surface area contributed by atoms with Crippen molar-refractivity contribution < 1.29 is 9.53 Å². The summed E-state index contributed by atoms with van der Waals surface area (Å²) in [6.07, 6.45) is 0. The molecule has 1 aromatic rings. The second-order valence-electron chi connectivity index (χ2n) is 4.56. The number of carbonyl (C=O) groups is 1. The van der Waals surface area contributed by atoms with E-state index in [4.69, 9.17) is 10.5 Å². The predicted molar refractivity (Wildman–Crippen MR) is 87.5 cm³/mol. The normalized spacial score (nSPS) is 17.0. The fraction of sp³-hybridized carbons (Fsp3) is 0.333. The predicted octanol–water partition coefficient (Wildman–Crippen LogP) is 3.13. The Morgan fingerprint density at radius 3 is 2.75 bits per heavy atom. The molecular weight excluding hydrogens is 410 g/mol. The maximum absolute atomic E-state index is 12.2. The van der Waals surface area contributed by atoms with Crippen molar-refractivity contribution in [3.05, 3.63) is 27.1 Å². The van der Waals surface area contributed by atoms with Crippen molar-refractivity contribution in [2.75, 3.05) is 6.61 Å². The van der Waals surface area contributed by atoms with Gasteiger partial charge in [0.1, 0.15) is 10.6 Å². The van der Waals surface area contributed by atoms with Crippen molar-refractivity contribution in [2.24, 2.45) is 10.8 Å². The first kappa shape index (κ1) is 15.7. The van der Waals surface area contributed by atoms with Crippen LogP contribution in [-0.4, -0.2) is 27.6 Å². The average molecular weight is 423 g/mol. The van der Waals surface area contributed by atoms with Gasteiger partial charge in [0, 0.05) is 4.47 Å². The number of hydrogen-bond acceptors (Lipinski definition) is 5. The summed E-state index contributed by atoms with van der Waals surface area (Å²) in [6, 6.07) is 5.48. The molecule has 0 saturated carbocycles. The van der Waals surface area contributed by atoms with E-state index in [0.29, 0.717) is 10.9 Å². The highest BCUT2D eigenvalue weighted by molar-refractivity contribution is 9.11. The summed E-state index contributed by atoms with van der Waals surface area (Å²) in [6.45, 7) is 3.67. The molecule has 1 aliphatic rings. The molecule has 0 aliphatic carbocycles. The van der Waals surface area contributed by atoms with Crippen molar-refractivity contribution in [3.63, 3.8) is 0 Å². The van der Waals surface area contributed by atoms with Gasteiger partial charge in [-0.3, -0.25) is 4.79 Å². The molecule has 0 fully saturated rings. The third-order valence-corrected chi connectivity index (χ3v) is 4.62. The Morgan fingerprint density at radius 2 is 2.20 bits per heavy atom. The number of rotatable bonds is 3. The molecule has 0 aromatic heterocycles. The van der Waals surface area contributed by atoms with Crippen LogP contribution in [0, 0.1) is 0 Å². The van der Waals surface area contributed by atoms with E-state index in [2.05, 4.69) is 37.0 Å². The van der Waals surface area contributed by atoms with Gasteiger partial charge in [-0.1, -0.05) is 27.7 Å². The fourth-order valence-electron chi connectivity index (χ4n) is 1.69. The summed E-state index contributed by atoms with van der Waals surface area (Å²) in [4.78, 5) is 11.7. The first-order valence-electron chi connectivity index (χ1n) is 5.73. The van der Waals surface area contributed by atoms with Crippen molar-refractivity contribution in [1.29, 1.82) is 0 Å². The Labute approximate surface area is 138 Å². The molecule has 0 atom stereocenters. The third kappa shape index (κ3) is 3.48. The molecule has 0 saturated heterocycles. The van der Waals surface area contributed by atoms with Crippen molar-refractivity contribution in [3.8, 4) is 5.75 Å². The Balaban J connectivity index is 2.02. The van der Waals surface area contributed by atoms with Crippen LogP contribution >= 0.6 is 43.6 Å². The summed E-state index contributed by atoms with van der Waals surface area (Å²) in [7, 11) is 0. The number of benzene rings is 1. The van der Waals surface area contributed by atoms with E-state index in [1.165, 1.54) is 16.8 Å². The number of amides is 1. The SMILES string of the molecule is CC1(C)SC(N)=NN1C(=O)COc1ccc(Br)cc1Br. The molecule has 2 rings (SSSR count). The number of ether oxygens (including phenoxy) is 1. The maximum atomic E-state index is 12.2. The molecule has 0 unspecified atom stereocenters. The zero-order valence-corrected chi connectivity index (χ0v) is 14.9. The van der Waals surface area contributed by atoms with Crippen molar-refractivity contribution in [2.45, 2.75) is 18.7 Å². The lowest BCUT2D eigenvalue weighted by molar-refractivity contribution is -0.135. The largest absolute Gasteiger partial charge is 0.483 e. The fourth-order valence-corrected chi connectivity index (χ4v) is 3.71. The van der Waals surface area contributed by atoms with Crippen LogP contribution in [0.25, 0.3) is 0 Å². The maximum Gasteiger partial charge on any atom is 0.281 e. The average Bonchev–Trinajstić information content (AvgIpc) is 2.61. The summed E-state index contributed by atoms with van der Waals surface area (Å²) in [5.41, 5.74) is 5.65. The third-order valence-electron chi connectivity index (χ3n) is 2.54. The number of halogens is 2. The summed E-state index contributed by atoms with van der Waals surface area (Å²) < 4.78 is 7.22. The second-order valence-corrected chi connectivity index (χ2v) is 7.95. The zero-order chi connectivity index (χ0) is 14.9. The smallest absolute Gasteiger partial charge is 0.281 e. The first-order valence-corrected chi connectivity index (χ1v) is 8.14. The topological polar surface area (TPSA) is 67.9 Å². The molecule has 8 heteroatoms. The lowest BCUT2D eigenvalue weighted by atomic mass is 10.3. The van der Waals surface area contributed by atoms with E-state index >= 15 is 0 Å². The monoisotopic (exact) mass is 421 g/mol. The Kier molecular flexibility index (Phi) is 4.66. The second kappa shape index (κ2) is 5.95. The Morgan fingerprint density at radius 1 is 1.50 bits per heavy atom. The van der Waals surface area contributed by atoms with Crippen LogP contribution in [0.15, 0.2) is 32.2 Å². The zero-order valence-electron chi connectivity index (χ0n) is 10.9. The highest BCUT2D eigenvalue weighted by Crippen LogP contribution is 2.35. The number of thioether (sulfide) groups is 1. The van der Waals surface area contributed by atoms with Gasteiger partial charge in [-0.15, -0.1) is 5.10 Å². The quantitative estimate of drug-likeness (QED) is 0.812. The Bertz CT molecular complexity index is 578. The minimum Gasteiger partial charge on any atom is -0.483 e. The molecular formula is C12H13Br2N3O2S. The number of nitrogens with zero attached hydrogens (tertiary/aromatic N) is 2. The van der Waals surface area contributed by atoms with Gasteiger partial charge in [0.05, 0.1) is 4.47 Å². The minimum atomic E-state index is -0.485.